The van der Waals surface area contributed by atoms with Crippen LogP contribution < -0.4 is 19.7 Å². The third kappa shape index (κ3) is 4.77. The minimum absolute atomic E-state index is 0.348. The van der Waals surface area contributed by atoms with Crippen LogP contribution >= 0.6 is 0 Å². The van der Waals surface area contributed by atoms with E-state index in [0.29, 0.717) is 23.6 Å². The molecule has 0 spiro atoms. The van der Waals surface area contributed by atoms with E-state index in [-0.39, 0.29) is 5.78 Å². The molecule has 2 unspecified atom stereocenters. The number of methoxy groups -OCH3 is 2. The first-order chi connectivity index (χ1) is 16.0. The van der Waals surface area contributed by atoms with Crippen LogP contribution in [-0.2, 0) is 9.59 Å². The van der Waals surface area contributed by atoms with Gasteiger partial charge in [-0.2, -0.15) is 0 Å². The number of hydrogen-bond donors (Lipinski definition) is 2. The van der Waals surface area contributed by atoms with Crippen LogP contribution in [0.15, 0.2) is 48.5 Å². The molecule has 2 aromatic rings. The number of carbonyl (C=O) groups is 3. The Morgan fingerprint density at radius 3 is 2.12 bits per heavy atom. The average Bonchev–Trinajstić information content (AvgIpc) is 3.12. The normalized spacial score (nSPS) is 21.3. The average molecular weight is 454 g/mol. The molecule has 2 aromatic carbocycles. The maximum absolute atomic E-state index is 13.5. The maximum Gasteiger partial charge on any atom is 0.291 e. The first kappa shape index (κ1) is 22.9. The Bertz CT molecular complexity index is 1000. The van der Waals surface area contributed by atoms with Gasteiger partial charge in [-0.15, -0.1) is 0 Å². The lowest BCUT2D eigenvalue weighted by Crippen LogP contribution is -3.20. The molecule has 2 aliphatic rings. The van der Waals surface area contributed by atoms with Crippen molar-refractivity contribution in [1.29, 1.82) is 0 Å². The predicted molar refractivity (Wildman–Crippen MR) is 120 cm³/mol. The smallest absolute Gasteiger partial charge is 0.291 e. The van der Waals surface area contributed by atoms with Crippen LogP contribution in [0, 0.1) is 5.92 Å². The van der Waals surface area contributed by atoms with Gasteiger partial charge in [0.15, 0.2) is 5.78 Å². The third-order valence-corrected chi connectivity index (χ3v) is 6.63. The minimum atomic E-state index is -1.08. The Balaban J connectivity index is 1.65. The summed E-state index contributed by atoms with van der Waals surface area (Å²) < 4.78 is 10.4. The first-order valence-electron chi connectivity index (χ1n) is 11.4. The maximum atomic E-state index is 13.5. The van der Waals surface area contributed by atoms with Crippen LogP contribution in [0.2, 0.25) is 0 Å². The van der Waals surface area contributed by atoms with Gasteiger partial charge in [0.2, 0.25) is 5.78 Å². The number of benzene rings is 2. The Labute approximate surface area is 193 Å². The SMILES string of the molecule is COc1ccc(C(=O)C2C(=O)C(=O)N(CC[NH+]3CC[NH2+]CC3)C2c2ccc(OC)cc2)cc1. The summed E-state index contributed by atoms with van der Waals surface area (Å²) in [5.41, 5.74) is 1.14. The van der Waals surface area contributed by atoms with E-state index in [4.69, 9.17) is 9.47 Å². The highest BCUT2D eigenvalue weighted by atomic mass is 16.5. The molecular weight excluding hydrogens is 422 g/mol. The predicted octanol–water partition coefficient (Wildman–Crippen LogP) is -0.883. The number of nitrogens with two attached hydrogens (primary N) is 1. The molecule has 2 heterocycles. The van der Waals surface area contributed by atoms with Crippen molar-refractivity contribution in [1.82, 2.24) is 4.90 Å². The third-order valence-electron chi connectivity index (χ3n) is 6.63. The number of piperazine rings is 1. The Morgan fingerprint density at radius 1 is 0.970 bits per heavy atom. The second kappa shape index (κ2) is 10.1. The van der Waals surface area contributed by atoms with E-state index in [1.165, 1.54) is 4.90 Å². The van der Waals surface area contributed by atoms with Gasteiger partial charge in [-0.3, -0.25) is 14.4 Å². The van der Waals surface area contributed by atoms with Gasteiger partial charge in [0.1, 0.15) is 43.6 Å². The zero-order valence-electron chi connectivity index (χ0n) is 19.1. The fraction of sp³-hybridized carbons (Fsp3) is 0.400. The number of carbonyl (C=O) groups excluding carboxylic acids is 3. The standard InChI is InChI=1S/C25H29N3O5/c1-32-19-7-3-17(4-8-19)22-21(23(29)18-5-9-20(33-2)10-6-18)24(30)25(31)28(22)16-15-27-13-11-26-12-14-27/h3-10,21-22,26H,11-16H2,1-2H3/p+2. The molecule has 8 nitrogen and oxygen atoms in total. The summed E-state index contributed by atoms with van der Waals surface area (Å²) in [6, 6.07) is 13.3. The van der Waals surface area contributed by atoms with E-state index >= 15 is 0 Å². The molecule has 0 bridgehead atoms. The van der Waals surface area contributed by atoms with Gasteiger partial charge in [0.05, 0.1) is 33.4 Å². The number of rotatable bonds is 8. The monoisotopic (exact) mass is 453 g/mol. The first-order valence-corrected chi connectivity index (χ1v) is 11.4. The Hall–Kier alpha value is -3.23. The van der Waals surface area contributed by atoms with Crippen LogP contribution in [0.25, 0.3) is 0 Å². The van der Waals surface area contributed by atoms with Crippen LogP contribution in [0.4, 0.5) is 0 Å². The van der Waals surface area contributed by atoms with Crippen molar-refractivity contribution in [2.24, 2.45) is 5.92 Å². The molecule has 2 atom stereocenters. The van der Waals surface area contributed by atoms with E-state index in [9.17, 15) is 14.4 Å². The molecular formula is C25H31N3O5+2. The van der Waals surface area contributed by atoms with Gasteiger partial charge >= 0.3 is 0 Å². The number of amides is 1. The summed E-state index contributed by atoms with van der Waals surface area (Å²) in [4.78, 5) is 42.7. The van der Waals surface area contributed by atoms with Gasteiger partial charge < -0.3 is 24.6 Å². The lowest BCUT2D eigenvalue weighted by molar-refractivity contribution is -0.946. The molecule has 2 fully saturated rings. The number of nitrogens with zero attached hydrogens (tertiary/aromatic N) is 1. The van der Waals surface area contributed by atoms with Gasteiger partial charge in [-0.05, 0) is 42.0 Å². The summed E-state index contributed by atoms with van der Waals surface area (Å²) in [5.74, 6) is -1.35. The summed E-state index contributed by atoms with van der Waals surface area (Å²) in [6.07, 6.45) is 0. The van der Waals surface area contributed by atoms with Crippen molar-refractivity contribution < 1.29 is 34.1 Å². The van der Waals surface area contributed by atoms with E-state index in [1.807, 2.05) is 12.1 Å². The Morgan fingerprint density at radius 2 is 1.55 bits per heavy atom. The molecule has 1 amide bonds. The lowest BCUT2D eigenvalue weighted by atomic mass is 9.86. The number of quaternary nitrogens is 2. The largest absolute Gasteiger partial charge is 0.497 e. The van der Waals surface area contributed by atoms with E-state index in [1.54, 1.807) is 55.5 Å². The van der Waals surface area contributed by atoms with Crippen LogP contribution in [0.1, 0.15) is 22.0 Å². The van der Waals surface area contributed by atoms with E-state index < -0.39 is 23.7 Å². The molecule has 0 aliphatic carbocycles. The summed E-state index contributed by atoms with van der Waals surface area (Å²) >= 11 is 0. The molecule has 0 saturated carbocycles. The number of hydrogen-bond acceptors (Lipinski definition) is 5. The Kier molecular flexibility index (Phi) is 7.05. The van der Waals surface area contributed by atoms with Gasteiger partial charge in [-0.1, -0.05) is 12.1 Å². The molecule has 4 rings (SSSR count). The highest BCUT2D eigenvalue weighted by Gasteiger charge is 2.51. The van der Waals surface area contributed by atoms with Crippen molar-refractivity contribution in [2.45, 2.75) is 6.04 Å². The van der Waals surface area contributed by atoms with Crippen LogP contribution in [0.5, 0.6) is 11.5 Å². The molecule has 3 N–H and O–H groups in total. The lowest BCUT2D eigenvalue weighted by Gasteiger charge is -2.29. The van der Waals surface area contributed by atoms with Crippen molar-refractivity contribution >= 4 is 17.5 Å². The van der Waals surface area contributed by atoms with Crippen molar-refractivity contribution in [3.05, 3.63) is 59.7 Å². The highest BCUT2D eigenvalue weighted by molar-refractivity contribution is 6.44. The number of likely N-dealkylation sites (tertiary alicyclic amines) is 1. The number of ether oxygens (including phenoxy) is 2. The number of nitrogens with one attached hydrogen (secondary N) is 1. The van der Waals surface area contributed by atoms with Crippen molar-refractivity contribution in [3.8, 4) is 11.5 Å². The van der Waals surface area contributed by atoms with Crippen LogP contribution in [-0.4, -0.2) is 75.9 Å². The van der Waals surface area contributed by atoms with E-state index in [0.717, 1.165) is 38.3 Å². The summed E-state index contributed by atoms with van der Waals surface area (Å²) in [6.45, 7) is 5.35. The minimum Gasteiger partial charge on any atom is -0.497 e. The molecule has 0 aromatic heterocycles. The summed E-state index contributed by atoms with van der Waals surface area (Å²) in [7, 11) is 3.13. The van der Waals surface area contributed by atoms with Gasteiger partial charge in [0, 0.05) is 5.56 Å². The molecule has 2 aliphatic heterocycles. The highest BCUT2D eigenvalue weighted by Crippen LogP contribution is 2.38. The second-order valence-electron chi connectivity index (χ2n) is 8.52. The molecule has 2 saturated heterocycles. The molecule has 174 valence electrons. The van der Waals surface area contributed by atoms with E-state index in [2.05, 4.69) is 5.32 Å². The number of Topliss-reactive ketones (excluding diaryl/α,β-unsaturated/α-hetero) is 2. The summed E-state index contributed by atoms with van der Waals surface area (Å²) in [5, 5.41) is 2.29. The zero-order valence-corrected chi connectivity index (χ0v) is 19.1. The van der Waals surface area contributed by atoms with Gasteiger partial charge in [0.25, 0.3) is 5.91 Å². The molecule has 33 heavy (non-hydrogen) atoms. The zero-order chi connectivity index (χ0) is 23.4. The molecule has 0 radical (unpaired) electrons. The van der Waals surface area contributed by atoms with Crippen molar-refractivity contribution in [2.75, 3.05) is 53.5 Å². The van der Waals surface area contributed by atoms with Crippen LogP contribution in [0.3, 0.4) is 0 Å². The fourth-order valence-electron chi connectivity index (χ4n) is 4.75. The second-order valence-corrected chi connectivity index (χ2v) is 8.52. The quantitative estimate of drug-likeness (QED) is 0.308. The number of ketones is 2. The van der Waals surface area contributed by atoms with Gasteiger partial charge in [-0.25, -0.2) is 0 Å². The molecule has 8 heteroatoms. The fourth-order valence-corrected chi connectivity index (χ4v) is 4.75. The van der Waals surface area contributed by atoms with Crippen molar-refractivity contribution in [3.63, 3.8) is 0 Å². The topological polar surface area (TPSA) is 94.0 Å².